The van der Waals surface area contributed by atoms with Crippen LogP contribution in [0.3, 0.4) is 0 Å². The van der Waals surface area contributed by atoms with Gasteiger partial charge in [0.2, 0.25) is 10.0 Å². The summed E-state index contributed by atoms with van der Waals surface area (Å²) >= 11 is 0. The molecule has 0 bridgehead atoms. The van der Waals surface area contributed by atoms with Gasteiger partial charge in [0, 0.05) is 31.3 Å². The van der Waals surface area contributed by atoms with Crippen molar-refractivity contribution in [2.45, 2.75) is 37.6 Å². The third kappa shape index (κ3) is 3.57. The molecular weight excluding hydrogens is 330 g/mol. The van der Waals surface area contributed by atoms with E-state index in [0.29, 0.717) is 24.1 Å². The number of nitrogens with zero attached hydrogens (tertiary/aromatic N) is 2. The van der Waals surface area contributed by atoms with Crippen molar-refractivity contribution in [1.82, 2.24) is 4.31 Å². The van der Waals surface area contributed by atoms with Gasteiger partial charge in [-0.25, -0.2) is 8.42 Å². The molecule has 0 radical (unpaired) electrons. The quantitative estimate of drug-likeness (QED) is 0.660. The van der Waals surface area contributed by atoms with Crippen LogP contribution in [0.5, 0.6) is 0 Å². The fourth-order valence-electron chi connectivity index (χ4n) is 2.51. The third-order valence-electron chi connectivity index (χ3n) is 3.85. The number of nitrogens with two attached hydrogens (primary N) is 1. The Kier molecular flexibility index (Phi) is 5.91. The van der Waals surface area contributed by atoms with Gasteiger partial charge >= 0.3 is 0 Å². The number of piperidine rings is 1. The number of hydrogen-bond acceptors (Lipinski definition) is 5. The zero-order valence-electron chi connectivity index (χ0n) is 12.5. The molecule has 22 heavy (non-hydrogen) atoms. The lowest BCUT2D eigenvalue weighted by atomic mass is 10.1. The van der Waals surface area contributed by atoms with E-state index in [1.165, 1.54) is 10.4 Å². The third-order valence-corrected chi connectivity index (χ3v) is 5.85. The maximum Gasteiger partial charge on any atom is 0.271 e. The monoisotopic (exact) mass is 349 g/mol. The average molecular weight is 350 g/mol. The predicted molar refractivity (Wildman–Crippen MR) is 85.8 cm³/mol. The SMILES string of the molecule is Cc1cc([N+](=O)[O-])cc(S(=O)(=O)N2CCC[C@@H](N)C2)c1C.Cl. The Morgan fingerprint density at radius 2 is 2.00 bits per heavy atom. The molecule has 1 fully saturated rings. The van der Waals surface area contributed by atoms with Gasteiger partial charge in [-0.3, -0.25) is 10.1 Å². The topological polar surface area (TPSA) is 107 Å². The standard InChI is InChI=1S/C13H19N3O4S.ClH/c1-9-6-12(16(17)18)7-13(10(9)2)21(19,20)15-5-3-4-11(14)8-15;/h6-7,11H,3-5,8,14H2,1-2H3;1H/t11-;/m1./s1. The average Bonchev–Trinajstić information content (AvgIpc) is 2.41. The number of hydrogen-bond donors (Lipinski definition) is 1. The summed E-state index contributed by atoms with van der Waals surface area (Å²) in [5, 5.41) is 10.9. The Labute approximate surface area is 136 Å². The van der Waals surface area contributed by atoms with E-state index in [2.05, 4.69) is 0 Å². The molecule has 1 heterocycles. The lowest BCUT2D eigenvalue weighted by molar-refractivity contribution is -0.385. The molecule has 124 valence electrons. The first-order chi connectivity index (χ1) is 9.73. The highest BCUT2D eigenvalue weighted by Crippen LogP contribution is 2.29. The van der Waals surface area contributed by atoms with Gasteiger partial charge in [0.1, 0.15) is 0 Å². The van der Waals surface area contributed by atoms with Gasteiger partial charge in [-0.2, -0.15) is 4.31 Å². The summed E-state index contributed by atoms with van der Waals surface area (Å²) in [5.41, 5.74) is 6.75. The van der Waals surface area contributed by atoms with Crippen LogP contribution in [0, 0.1) is 24.0 Å². The summed E-state index contributed by atoms with van der Waals surface area (Å²) in [7, 11) is -3.76. The summed E-state index contributed by atoms with van der Waals surface area (Å²) in [4.78, 5) is 10.4. The second kappa shape index (κ2) is 6.91. The first kappa shape index (κ1) is 18.8. The van der Waals surface area contributed by atoms with Crippen molar-refractivity contribution >= 4 is 28.1 Å². The molecule has 0 aromatic heterocycles. The minimum atomic E-state index is -3.76. The largest absolute Gasteiger partial charge is 0.327 e. The van der Waals surface area contributed by atoms with Gasteiger partial charge < -0.3 is 5.73 Å². The predicted octanol–water partition coefficient (Wildman–Crippen LogP) is 1.75. The van der Waals surface area contributed by atoms with Crippen LogP contribution in [0.25, 0.3) is 0 Å². The first-order valence-corrected chi connectivity index (χ1v) is 8.19. The molecule has 2 N–H and O–H groups in total. The van der Waals surface area contributed by atoms with Crippen LogP contribution in [-0.2, 0) is 10.0 Å². The zero-order chi connectivity index (χ0) is 15.8. The summed E-state index contributed by atoms with van der Waals surface area (Å²) in [6.07, 6.45) is 1.49. The van der Waals surface area contributed by atoms with Crippen LogP contribution >= 0.6 is 12.4 Å². The molecule has 1 aromatic rings. The molecule has 1 atom stereocenters. The molecule has 0 amide bonds. The maximum atomic E-state index is 12.7. The summed E-state index contributed by atoms with van der Waals surface area (Å²) in [5.74, 6) is 0. The van der Waals surface area contributed by atoms with Gasteiger partial charge in [-0.05, 0) is 37.8 Å². The second-order valence-electron chi connectivity index (χ2n) is 5.41. The zero-order valence-corrected chi connectivity index (χ0v) is 14.1. The Morgan fingerprint density at radius 3 is 2.55 bits per heavy atom. The van der Waals surface area contributed by atoms with Crippen LogP contribution in [0.4, 0.5) is 5.69 Å². The lowest BCUT2D eigenvalue weighted by Crippen LogP contribution is -2.45. The Hall–Kier alpha value is -1.22. The molecule has 7 nitrogen and oxygen atoms in total. The van der Waals surface area contributed by atoms with Gasteiger partial charge in [0.05, 0.1) is 9.82 Å². The van der Waals surface area contributed by atoms with Crippen LogP contribution in [0.15, 0.2) is 17.0 Å². The Bertz CT molecular complexity index is 678. The molecule has 2 rings (SSSR count). The van der Waals surface area contributed by atoms with E-state index in [1.54, 1.807) is 13.8 Å². The van der Waals surface area contributed by atoms with Crippen molar-refractivity contribution in [1.29, 1.82) is 0 Å². The Morgan fingerprint density at radius 1 is 1.36 bits per heavy atom. The molecule has 9 heteroatoms. The lowest BCUT2D eigenvalue weighted by Gasteiger charge is -2.30. The molecule has 0 spiro atoms. The van der Waals surface area contributed by atoms with Gasteiger partial charge in [0.15, 0.2) is 0 Å². The molecular formula is C13H20ClN3O4S. The van der Waals surface area contributed by atoms with Crippen molar-refractivity contribution in [2.75, 3.05) is 13.1 Å². The van der Waals surface area contributed by atoms with Crippen molar-refractivity contribution < 1.29 is 13.3 Å². The molecule has 0 saturated carbocycles. The Balaban J connectivity index is 0.00000242. The second-order valence-corrected chi connectivity index (χ2v) is 7.31. The van der Waals surface area contributed by atoms with Crippen LogP contribution in [-0.4, -0.2) is 36.8 Å². The van der Waals surface area contributed by atoms with Crippen molar-refractivity contribution in [3.8, 4) is 0 Å². The minimum absolute atomic E-state index is 0. The molecule has 1 aromatic carbocycles. The highest BCUT2D eigenvalue weighted by molar-refractivity contribution is 7.89. The smallest absolute Gasteiger partial charge is 0.271 e. The summed E-state index contributed by atoms with van der Waals surface area (Å²) in [6.45, 7) is 3.99. The van der Waals surface area contributed by atoms with Crippen molar-refractivity contribution in [3.05, 3.63) is 33.4 Å². The first-order valence-electron chi connectivity index (χ1n) is 6.75. The van der Waals surface area contributed by atoms with Crippen molar-refractivity contribution in [3.63, 3.8) is 0 Å². The normalized spacial score (nSPS) is 19.5. The van der Waals surface area contributed by atoms with Crippen LogP contribution < -0.4 is 5.73 Å². The summed E-state index contributed by atoms with van der Waals surface area (Å²) < 4.78 is 26.8. The number of non-ortho nitro benzene ring substituents is 1. The number of nitro groups is 1. The van der Waals surface area contributed by atoms with Crippen LogP contribution in [0.2, 0.25) is 0 Å². The maximum absolute atomic E-state index is 12.7. The van der Waals surface area contributed by atoms with E-state index in [9.17, 15) is 18.5 Å². The number of halogens is 1. The van der Waals surface area contributed by atoms with E-state index < -0.39 is 14.9 Å². The van der Waals surface area contributed by atoms with E-state index >= 15 is 0 Å². The molecule has 1 aliphatic rings. The molecule has 0 aliphatic carbocycles. The van der Waals surface area contributed by atoms with Crippen LogP contribution in [0.1, 0.15) is 24.0 Å². The highest BCUT2D eigenvalue weighted by Gasteiger charge is 2.31. The van der Waals surface area contributed by atoms with Gasteiger partial charge in [-0.15, -0.1) is 12.4 Å². The molecule has 0 unspecified atom stereocenters. The van der Waals surface area contributed by atoms with E-state index in [1.807, 2.05) is 0 Å². The van der Waals surface area contributed by atoms with E-state index in [-0.39, 0.29) is 35.6 Å². The number of aryl methyl sites for hydroxylation is 1. The summed E-state index contributed by atoms with van der Waals surface area (Å²) in [6, 6.07) is 2.34. The van der Waals surface area contributed by atoms with Gasteiger partial charge in [0.25, 0.3) is 5.69 Å². The number of sulfonamides is 1. The number of benzene rings is 1. The van der Waals surface area contributed by atoms with E-state index in [4.69, 9.17) is 5.73 Å². The fraction of sp³-hybridized carbons (Fsp3) is 0.538. The number of nitro benzene ring substituents is 1. The highest BCUT2D eigenvalue weighted by atomic mass is 35.5. The van der Waals surface area contributed by atoms with Crippen molar-refractivity contribution in [2.24, 2.45) is 5.73 Å². The fourth-order valence-corrected chi connectivity index (χ4v) is 4.37. The van der Waals surface area contributed by atoms with Gasteiger partial charge in [-0.1, -0.05) is 0 Å². The molecule has 1 aliphatic heterocycles. The van der Waals surface area contributed by atoms with E-state index in [0.717, 1.165) is 12.5 Å². The minimum Gasteiger partial charge on any atom is -0.327 e. The molecule has 1 saturated heterocycles. The number of rotatable bonds is 3.